The van der Waals surface area contributed by atoms with Gasteiger partial charge in [0.15, 0.2) is 5.82 Å². The third kappa shape index (κ3) is 5.06. The number of piperazine rings is 1. The van der Waals surface area contributed by atoms with Gasteiger partial charge < -0.3 is 14.6 Å². The summed E-state index contributed by atoms with van der Waals surface area (Å²) in [6.45, 7) is 6.99. The molecule has 3 rings (SSSR count). The number of nitrogens with one attached hydrogen (secondary N) is 1. The first kappa shape index (κ1) is 20.4. The second-order valence-electron chi connectivity index (χ2n) is 6.40. The van der Waals surface area contributed by atoms with Crippen molar-refractivity contribution in [2.75, 3.05) is 26.7 Å². The van der Waals surface area contributed by atoms with Crippen LogP contribution in [0.5, 0.6) is 5.75 Å². The summed E-state index contributed by atoms with van der Waals surface area (Å²) < 4.78 is 11.4. The Morgan fingerprint density at radius 1 is 1.38 bits per heavy atom. The van der Waals surface area contributed by atoms with E-state index in [-0.39, 0.29) is 24.6 Å². The summed E-state index contributed by atoms with van der Waals surface area (Å²) in [5.41, 5.74) is 0.999. The zero-order chi connectivity index (χ0) is 17.6. The van der Waals surface area contributed by atoms with Crippen LogP contribution in [0.4, 0.5) is 0 Å². The minimum absolute atomic E-state index is 0. The van der Waals surface area contributed by atoms with Crippen molar-refractivity contribution in [1.82, 2.24) is 20.4 Å². The minimum atomic E-state index is 0. The summed E-state index contributed by atoms with van der Waals surface area (Å²) in [5.74, 6) is 2.09. The summed E-state index contributed by atoms with van der Waals surface area (Å²) in [5, 5.41) is 7.50. The lowest BCUT2D eigenvalue weighted by Gasteiger charge is -2.30. The molecule has 0 aliphatic carbocycles. The third-order valence-corrected chi connectivity index (χ3v) is 4.49. The minimum Gasteiger partial charge on any atom is -0.490 e. The topological polar surface area (TPSA) is 63.4 Å². The SMILES string of the molecule is CCC(C)Oc1ccccc1/C=C/c1nc(C2CNCCN2C)no1.Cl. The summed E-state index contributed by atoms with van der Waals surface area (Å²) in [6, 6.07) is 8.12. The zero-order valence-corrected chi connectivity index (χ0v) is 16.3. The van der Waals surface area contributed by atoms with E-state index in [0.717, 1.165) is 43.2 Å². The van der Waals surface area contributed by atoms with E-state index in [0.29, 0.717) is 5.89 Å². The van der Waals surface area contributed by atoms with Crippen LogP contribution in [0, 0.1) is 0 Å². The van der Waals surface area contributed by atoms with Crippen LogP contribution in [0.3, 0.4) is 0 Å². The molecule has 0 amide bonds. The summed E-state index contributed by atoms with van der Waals surface area (Å²) in [4.78, 5) is 6.76. The Balaban J connectivity index is 0.00000243. The number of halogens is 1. The van der Waals surface area contributed by atoms with E-state index in [4.69, 9.17) is 9.26 Å². The van der Waals surface area contributed by atoms with Crippen molar-refractivity contribution < 1.29 is 9.26 Å². The second kappa shape index (κ2) is 9.71. The Hall–Kier alpha value is -1.89. The molecule has 0 bridgehead atoms. The first-order chi connectivity index (χ1) is 12.2. The smallest absolute Gasteiger partial charge is 0.250 e. The first-order valence-corrected chi connectivity index (χ1v) is 8.85. The van der Waals surface area contributed by atoms with Gasteiger partial charge >= 0.3 is 0 Å². The van der Waals surface area contributed by atoms with Gasteiger partial charge in [0.2, 0.25) is 0 Å². The van der Waals surface area contributed by atoms with Gasteiger partial charge in [-0.3, -0.25) is 4.90 Å². The van der Waals surface area contributed by atoms with Crippen molar-refractivity contribution in [3.8, 4) is 5.75 Å². The number of para-hydroxylation sites is 1. The van der Waals surface area contributed by atoms with Crippen LogP contribution in [-0.4, -0.2) is 47.8 Å². The van der Waals surface area contributed by atoms with Crippen LogP contribution >= 0.6 is 12.4 Å². The fourth-order valence-electron chi connectivity index (χ4n) is 2.73. The van der Waals surface area contributed by atoms with Crippen molar-refractivity contribution in [1.29, 1.82) is 0 Å². The molecule has 1 aromatic heterocycles. The highest BCUT2D eigenvalue weighted by Crippen LogP contribution is 2.23. The molecule has 1 aliphatic heterocycles. The summed E-state index contributed by atoms with van der Waals surface area (Å²) in [7, 11) is 2.08. The lowest BCUT2D eigenvalue weighted by atomic mass is 10.2. The molecule has 2 aromatic rings. The summed E-state index contributed by atoms with van der Waals surface area (Å²) in [6.07, 6.45) is 4.94. The predicted octanol–water partition coefficient (Wildman–Crippen LogP) is 3.42. The molecular weight excluding hydrogens is 352 g/mol. The Kier molecular flexibility index (Phi) is 7.63. The maximum Gasteiger partial charge on any atom is 0.250 e. The number of ether oxygens (including phenoxy) is 1. The lowest BCUT2D eigenvalue weighted by Crippen LogP contribution is -2.44. The molecule has 7 heteroatoms. The van der Waals surface area contributed by atoms with Gasteiger partial charge in [0, 0.05) is 31.3 Å². The van der Waals surface area contributed by atoms with Crippen molar-refractivity contribution in [3.05, 3.63) is 41.5 Å². The number of nitrogens with zero attached hydrogens (tertiary/aromatic N) is 3. The number of hydrogen-bond acceptors (Lipinski definition) is 6. The van der Waals surface area contributed by atoms with Gasteiger partial charge in [-0.1, -0.05) is 30.3 Å². The number of benzene rings is 1. The molecular formula is C19H27ClN4O2. The molecule has 1 saturated heterocycles. The highest BCUT2D eigenvalue weighted by molar-refractivity contribution is 5.85. The molecule has 2 atom stereocenters. The Morgan fingerprint density at radius 2 is 2.19 bits per heavy atom. The number of aromatic nitrogens is 2. The lowest BCUT2D eigenvalue weighted by molar-refractivity contribution is 0.190. The van der Waals surface area contributed by atoms with Gasteiger partial charge in [-0.25, -0.2) is 0 Å². The standard InChI is InChI=1S/C19H26N4O2.ClH/c1-4-14(2)24-17-8-6-5-7-15(17)9-10-18-21-19(22-25-18)16-13-20-11-12-23(16)3;/h5-10,14,16,20H,4,11-13H2,1-3H3;1H/b10-9+;. The van der Waals surface area contributed by atoms with Crippen molar-refractivity contribution in [2.24, 2.45) is 0 Å². The molecule has 1 aliphatic rings. The van der Waals surface area contributed by atoms with E-state index in [1.165, 1.54) is 0 Å². The summed E-state index contributed by atoms with van der Waals surface area (Å²) >= 11 is 0. The van der Waals surface area contributed by atoms with Crippen LogP contribution in [0.1, 0.15) is 43.6 Å². The van der Waals surface area contributed by atoms with Crippen molar-refractivity contribution in [3.63, 3.8) is 0 Å². The van der Waals surface area contributed by atoms with Gasteiger partial charge in [-0.05, 0) is 32.5 Å². The maximum absolute atomic E-state index is 5.96. The fourth-order valence-corrected chi connectivity index (χ4v) is 2.73. The molecule has 6 nitrogen and oxygen atoms in total. The van der Waals surface area contributed by atoms with E-state index < -0.39 is 0 Å². The number of rotatable bonds is 6. The predicted molar refractivity (Wildman–Crippen MR) is 106 cm³/mol. The largest absolute Gasteiger partial charge is 0.490 e. The molecule has 1 fully saturated rings. The highest BCUT2D eigenvalue weighted by atomic mass is 35.5. The molecule has 1 aromatic carbocycles. The van der Waals surface area contributed by atoms with Crippen LogP contribution in [0.25, 0.3) is 12.2 Å². The molecule has 26 heavy (non-hydrogen) atoms. The molecule has 0 spiro atoms. The van der Waals surface area contributed by atoms with Crippen LogP contribution in [0.2, 0.25) is 0 Å². The zero-order valence-electron chi connectivity index (χ0n) is 15.5. The fraction of sp³-hybridized carbons (Fsp3) is 0.474. The monoisotopic (exact) mass is 378 g/mol. The van der Waals surface area contributed by atoms with E-state index in [2.05, 4.69) is 41.3 Å². The van der Waals surface area contributed by atoms with Gasteiger partial charge in [-0.15, -0.1) is 12.4 Å². The quantitative estimate of drug-likeness (QED) is 0.831. The van der Waals surface area contributed by atoms with Crippen LogP contribution in [-0.2, 0) is 0 Å². The average molecular weight is 379 g/mol. The molecule has 0 saturated carbocycles. The molecule has 1 N–H and O–H groups in total. The molecule has 0 radical (unpaired) electrons. The van der Waals surface area contributed by atoms with Gasteiger partial charge in [0.25, 0.3) is 5.89 Å². The van der Waals surface area contributed by atoms with E-state index >= 15 is 0 Å². The van der Waals surface area contributed by atoms with Crippen molar-refractivity contribution >= 4 is 24.6 Å². The third-order valence-electron chi connectivity index (χ3n) is 4.49. The van der Waals surface area contributed by atoms with Gasteiger partial charge in [0.1, 0.15) is 5.75 Å². The molecule has 2 heterocycles. The second-order valence-corrected chi connectivity index (χ2v) is 6.40. The van der Waals surface area contributed by atoms with E-state index in [1.54, 1.807) is 0 Å². The van der Waals surface area contributed by atoms with Gasteiger partial charge in [-0.2, -0.15) is 4.98 Å². The normalized spacial score (nSPS) is 19.3. The van der Waals surface area contributed by atoms with Crippen LogP contribution < -0.4 is 10.1 Å². The first-order valence-electron chi connectivity index (χ1n) is 8.85. The molecule has 2 unspecified atom stereocenters. The molecule has 142 valence electrons. The number of hydrogen-bond donors (Lipinski definition) is 1. The Bertz CT molecular complexity index is 719. The number of likely N-dealkylation sites (N-methyl/N-ethyl adjacent to an activating group) is 1. The Labute approximate surface area is 161 Å². The Morgan fingerprint density at radius 3 is 2.96 bits per heavy atom. The van der Waals surface area contributed by atoms with Crippen molar-refractivity contribution in [2.45, 2.75) is 32.4 Å². The van der Waals surface area contributed by atoms with Crippen LogP contribution in [0.15, 0.2) is 28.8 Å². The highest BCUT2D eigenvalue weighted by Gasteiger charge is 2.24. The maximum atomic E-state index is 5.96. The van der Waals surface area contributed by atoms with Gasteiger partial charge in [0.05, 0.1) is 12.1 Å². The van der Waals surface area contributed by atoms with E-state index in [9.17, 15) is 0 Å². The van der Waals surface area contributed by atoms with E-state index in [1.807, 2.05) is 36.4 Å². The average Bonchev–Trinajstić information content (AvgIpc) is 3.10.